The number of aromatic nitrogens is 3. The van der Waals surface area contributed by atoms with Gasteiger partial charge in [0.25, 0.3) is 5.56 Å². The van der Waals surface area contributed by atoms with Gasteiger partial charge < -0.3 is 19.6 Å². The molecule has 0 spiro atoms. The number of aromatic carboxylic acids is 1. The zero-order chi connectivity index (χ0) is 24.2. The molecule has 1 atom stereocenters. The molecule has 0 aromatic carbocycles. The number of nitrogens with one attached hydrogen (secondary N) is 1. The highest BCUT2D eigenvalue weighted by Crippen LogP contribution is 2.47. The van der Waals surface area contributed by atoms with E-state index in [2.05, 4.69) is 19.4 Å². The SMILES string of the molecule is CC(C)(C)[C@H]1Cc2c(nc3c(OC(F)F)cc(OC(F)F)cn23)-c2[nH]c(=O)c(C(=O)O)cc21. The number of H-pyrrole nitrogens is 1. The minimum absolute atomic E-state index is 0.0921. The lowest BCUT2D eigenvalue weighted by molar-refractivity contribution is -0.0542. The molecule has 0 bridgehead atoms. The van der Waals surface area contributed by atoms with Crippen LogP contribution < -0.4 is 15.0 Å². The molecule has 3 heterocycles. The largest absolute Gasteiger partial charge is 0.477 e. The lowest BCUT2D eigenvalue weighted by atomic mass is 9.70. The van der Waals surface area contributed by atoms with Crippen LogP contribution in [0.1, 0.15) is 48.3 Å². The van der Waals surface area contributed by atoms with Crippen LogP contribution >= 0.6 is 0 Å². The number of alkyl halides is 4. The van der Waals surface area contributed by atoms with Crippen LogP contribution in [0.15, 0.2) is 23.1 Å². The van der Waals surface area contributed by atoms with E-state index in [1.54, 1.807) is 0 Å². The summed E-state index contributed by atoms with van der Waals surface area (Å²) in [5, 5.41) is 9.39. The molecule has 1 aliphatic rings. The number of ether oxygens (including phenoxy) is 2. The Hall–Kier alpha value is -3.57. The number of imidazole rings is 1. The third kappa shape index (κ3) is 4.00. The zero-order valence-corrected chi connectivity index (χ0v) is 17.7. The van der Waals surface area contributed by atoms with Gasteiger partial charge in [0.15, 0.2) is 11.4 Å². The second-order valence-electron chi connectivity index (χ2n) is 8.67. The lowest BCUT2D eigenvalue weighted by Gasteiger charge is -2.35. The van der Waals surface area contributed by atoms with Crippen molar-refractivity contribution < 1.29 is 36.9 Å². The summed E-state index contributed by atoms with van der Waals surface area (Å²) in [5.41, 5.74) is -0.420. The molecule has 3 aromatic heterocycles. The highest BCUT2D eigenvalue weighted by atomic mass is 19.3. The van der Waals surface area contributed by atoms with E-state index in [4.69, 9.17) is 0 Å². The number of fused-ring (bicyclic) bond motifs is 5. The maximum atomic E-state index is 13.0. The summed E-state index contributed by atoms with van der Waals surface area (Å²) in [5.74, 6) is -2.63. The molecule has 0 saturated heterocycles. The number of nitrogens with zero attached hydrogens (tertiary/aromatic N) is 2. The van der Waals surface area contributed by atoms with Crippen molar-refractivity contribution in [3.05, 3.63) is 45.5 Å². The van der Waals surface area contributed by atoms with Crippen molar-refractivity contribution in [1.82, 2.24) is 14.4 Å². The first-order valence-electron chi connectivity index (χ1n) is 9.82. The summed E-state index contributed by atoms with van der Waals surface area (Å²) in [4.78, 5) is 30.8. The van der Waals surface area contributed by atoms with E-state index in [1.807, 2.05) is 20.8 Å². The van der Waals surface area contributed by atoms with Crippen molar-refractivity contribution in [1.29, 1.82) is 0 Å². The van der Waals surface area contributed by atoms with Crippen LogP contribution in [-0.4, -0.2) is 38.7 Å². The van der Waals surface area contributed by atoms with E-state index < -0.39 is 47.2 Å². The maximum Gasteiger partial charge on any atom is 0.387 e. The number of halogens is 4. The summed E-state index contributed by atoms with van der Waals surface area (Å²) in [7, 11) is 0. The molecule has 1 aliphatic carbocycles. The lowest BCUT2D eigenvalue weighted by Crippen LogP contribution is -2.29. The molecule has 0 radical (unpaired) electrons. The summed E-state index contributed by atoms with van der Waals surface area (Å²) in [6.07, 6.45) is 1.43. The Balaban J connectivity index is 2.04. The highest BCUT2D eigenvalue weighted by Gasteiger charge is 2.37. The van der Waals surface area contributed by atoms with Crippen molar-refractivity contribution in [3.63, 3.8) is 0 Å². The Labute approximate surface area is 183 Å². The fourth-order valence-corrected chi connectivity index (χ4v) is 4.13. The number of hydrogen-bond donors (Lipinski definition) is 2. The second-order valence-corrected chi connectivity index (χ2v) is 8.67. The number of carbonyl (C=O) groups is 1. The first-order valence-corrected chi connectivity index (χ1v) is 9.82. The van der Waals surface area contributed by atoms with Crippen LogP contribution in [0.5, 0.6) is 11.5 Å². The first kappa shape index (κ1) is 22.6. The molecule has 0 fully saturated rings. The minimum atomic E-state index is -3.25. The van der Waals surface area contributed by atoms with Crippen LogP contribution in [-0.2, 0) is 6.42 Å². The average Bonchev–Trinajstić information content (AvgIpc) is 3.04. The average molecular weight is 469 g/mol. The molecule has 3 aromatic rings. The fourth-order valence-electron chi connectivity index (χ4n) is 4.13. The van der Waals surface area contributed by atoms with Crippen molar-refractivity contribution in [2.24, 2.45) is 5.41 Å². The van der Waals surface area contributed by atoms with Gasteiger partial charge in [-0.3, -0.25) is 9.20 Å². The van der Waals surface area contributed by atoms with Crippen molar-refractivity contribution in [2.45, 2.75) is 46.3 Å². The van der Waals surface area contributed by atoms with Gasteiger partial charge in [0.2, 0.25) is 0 Å². The maximum absolute atomic E-state index is 13.0. The highest BCUT2D eigenvalue weighted by molar-refractivity contribution is 5.88. The summed E-state index contributed by atoms with van der Waals surface area (Å²) in [6, 6.07) is 2.17. The van der Waals surface area contributed by atoms with Crippen LogP contribution in [0.25, 0.3) is 17.0 Å². The smallest absolute Gasteiger partial charge is 0.387 e. The van der Waals surface area contributed by atoms with E-state index in [1.165, 1.54) is 16.7 Å². The van der Waals surface area contributed by atoms with Gasteiger partial charge in [-0.2, -0.15) is 17.6 Å². The quantitative estimate of drug-likeness (QED) is 0.541. The molecule has 33 heavy (non-hydrogen) atoms. The van der Waals surface area contributed by atoms with Gasteiger partial charge in [0.1, 0.15) is 17.0 Å². The number of pyridine rings is 2. The zero-order valence-electron chi connectivity index (χ0n) is 17.7. The van der Waals surface area contributed by atoms with E-state index in [9.17, 15) is 32.3 Å². The van der Waals surface area contributed by atoms with E-state index in [-0.39, 0.29) is 29.4 Å². The normalized spacial score (nSPS) is 15.6. The van der Waals surface area contributed by atoms with Crippen LogP contribution in [0.4, 0.5) is 17.6 Å². The molecule has 0 amide bonds. The standard InChI is InChI=1S/C21H19F4N3O5/c1-21(2,3)11-6-12-15(14-9(11)5-10(18(30)31)17(29)27-14)26-16-13(33-20(24)25)4-8(7-28(12)16)32-19(22)23/h4-5,7,11,19-20H,6H2,1-3H3,(H,27,29)(H,30,31)/t11-/m0/s1. The van der Waals surface area contributed by atoms with Crippen LogP contribution in [0, 0.1) is 5.41 Å². The van der Waals surface area contributed by atoms with Crippen molar-refractivity contribution >= 4 is 11.6 Å². The Morgan fingerprint density at radius 3 is 2.45 bits per heavy atom. The second kappa shape index (κ2) is 7.78. The summed E-state index contributed by atoms with van der Waals surface area (Å²) < 4.78 is 61.9. The van der Waals surface area contributed by atoms with Gasteiger partial charge in [-0.05, 0) is 29.4 Å². The third-order valence-electron chi connectivity index (χ3n) is 5.56. The van der Waals surface area contributed by atoms with Gasteiger partial charge in [-0.25, -0.2) is 9.78 Å². The number of rotatable bonds is 5. The molecular formula is C21H19F4N3O5. The monoisotopic (exact) mass is 469 g/mol. The van der Waals surface area contributed by atoms with Crippen LogP contribution in [0.2, 0.25) is 0 Å². The molecule has 8 nitrogen and oxygen atoms in total. The third-order valence-corrected chi connectivity index (χ3v) is 5.56. The van der Waals surface area contributed by atoms with E-state index >= 15 is 0 Å². The fraction of sp³-hybridized carbons (Fsp3) is 0.381. The van der Waals surface area contributed by atoms with Crippen molar-refractivity contribution in [3.8, 4) is 22.9 Å². The Kier molecular flexibility index (Phi) is 5.33. The topological polar surface area (TPSA) is 106 Å². The molecule has 0 unspecified atom stereocenters. The molecular weight excluding hydrogens is 450 g/mol. The van der Waals surface area contributed by atoms with Gasteiger partial charge >= 0.3 is 19.2 Å². The first-order chi connectivity index (χ1) is 15.4. The summed E-state index contributed by atoms with van der Waals surface area (Å²) in [6.45, 7) is -0.708. The minimum Gasteiger partial charge on any atom is -0.477 e. The Bertz CT molecular complexity index is 1310. The Morgan fingerprint density at radius 1 is 1.21 bits per heavy atom. The number of hydrogen-bond acceptors (Lipinski definition) is 5. The van der Waals surface area contributed by atoms with Crippen LogP contribution in [0.3, 0.4) is 0 Å². The Morgan fingerprint density at radius 2 is 1.88 bits per heavy atom. The molecule has 12 heteroatoms. The number of carboxylic acid groups (broad SMARTS) is 1. The van der Waals surface area contributed by atoms with Gasteiger partial charge in [0, 0.05) is 6.07 Å². The number of carboxylic acids is 1. The molecule has 0 saturated carbocycles. The van der Waals surface area contributed by atoms with Gasteiger partial charge in [-0.1, -0.05) is 20.8 Å². The number of aromatic amines is 1. The molecule has 176 valence electrons. The van der Waals surface area contributed by atoms with E-state index in [0.29, 0.717) is 11.3 Å². The molecule has 4 rings (SSSR count). The predicted molar refractivity (Wildman–Crippen MR) is 107 cm³/mol. The molecule has 0 aliphatic heterocycles. The summed E-state index contributed by atoms with van der Waals surface area (Å²) >= 11 is 0. The predicted octanol–water partition coefficient (Wildman–Crippen LogP) is 4.28. The van der Waals surface area contributed by atoms with Crippen molar-refractivity contribution in [2.75, 3.05) is 0 Å². The van der Waals surface area contributed by atoms with E-state index in [0.717, 1.165) is 6.07 Å². The van der Waals surface area contributed by atoms with Gasteiger partial charge in [0.05, 0.1) is 17.6 Å². The molecule has 2 N–H and O–H groups in total. The van der Waals surface area contributed by atoms with Gasteiger partial charge in [-0.15, -0.1) is 0 Å².